The molecule has 104 valence electrons. The van der Waals surface area contributed by atoms with Gasteiger partial charge in [0.15, 0.2) is 0 Å². The first-order valence-corrected chi connectivity index (χ1v) is 7.47. The molecule has 0 aromatic heterocycles. The summed E-state index contributed by atoms with van der Waals surface area (Å²) in [6.07, 6.45) is 0.784. The summed E-state index contributed by atoms with van der Waals surface area (Å²) in [6.45, 7) is 4.63. The lowest BCUT2D eigenvalue weighted by atomic mass is 10.2. The van der Waals surface area contributed by atoms with Gasteiger partial charge in [-0.25, -0.2) is 4.39 Å². The molecule has 1 heterocycles. The maximum atomic E-state index is 13.7. The van der Waals surface area contributed by atoms with E-state index in [1.54, 1.807) is 12.1 Å². The van der Waals surface area contributed by atoms with Crippen molar-refractivity contribution in [1.29, 1.82) is 0 Å². The summed E-state index contributed by atoms with van der Waals surface area (Å²) in [5.41, 5.74) is 0.625. The van der Waals surface area contributed by atoms with Gasteiger partial charge < -0.3 is 9.80 Å². The number of anilines is 1. The quantitative estimate of drug-likeness (QED) is 0.796. The standard InChI is InChI=1S/C14H18BrFN2O/c1-2-11(15)14(19)18-9-7-17(8-10-18)13-6-4-3-5-12(13)16/h3-6,11H,2,7-10H2,1H3. The minimum Gasteiger partial charge on any atom is -0.366 e. The Labute approximate surface area is 121 Å². The van der Waals surface area contributed by atoms with E-state index in [1.807, 2.05) is 22.8 Å². The fraction of sp³-hybridized carbons (Fsp3) is 0.500. The highest BCUT2D eigenvalue weighted by molar-refractivity contribution is 9.10. The number of amides is 1. The highest BCUT2D eigenvalue weighted by atomic mass is 79.9. The third-order valence-electron chi connectivity index (χ3n) is 3.41. The molecule has 1 aliphatic heterocycles. The molecule has 0 spiro atoms. The van der Waals surface area contributed by atoms with Gasteiger partial charge in [-0.15, -0.1) is 0 Å². The third-order valence-corrected chi connectivity index (χ3v) is 4.45. The van der Waals surface area contributed by atoms with Crippen LogP contribution in [0.15, 0.2) is 24.3 Å². The van der Waals surface area contributed by atoms with Crippen LogP contribution in [0.1, 0.15) is 13.3 Å². The van der Waals surface area contributed by atoms with Crippen LogP contribution in [-0.2, 0) is 4.79 Å². The van der Waals surface area contributed by atoms with Crippen LogP contribution in [0, 0.1) is 5.82 Å². The van der Waals surface area contributed by atoms with Gasteiger partial charge in [0, 0.05) is 26.2 Å². The van der Waals surface area contributed by atoms with Crippen LogP contribution in [0.4, 0.5) is 10.1 Å². The molecule has 2 rings (SSSR count). The first-order valence-electron chi connectivity index (χ1n) is 6.55. The Hall–Kier alpha value is -1.10. The van der Waals surface area contributed by atoms with Crippen molar-refractivity contribution >= 4 is 27.5 Å². The Morgan fingerprint density at radius 2 is 1.95 bits per heavy atom. The second-order valence-corrected chi connectivity index (χ2v) is 5.74. The number of piperazine rings is 1. The second kappa shape index (κ2) is 6.37. The fourth-order valence-electron chi connectivity index (χ4n) is 2.25. The zero-order chi connectivity index (χ0) is 13.8. The van der Waals surface area contributed by atoms with Gasteiger partial charge >= 0.3 is 0 Å². The normalized spacial score (nSPS) is 17.4. The lowest BCUT2D eigenvalue weighted by Gasteiger charge is -2.37. The van der Waals surface area contributed by atoms with Crippen LogP contribution in [0.25, 0.3) is 0 Å². The molecule has 0 N–H and O–H groups in total. The molecule has 1 aliphatic rings. The van der Waals surface area contributed by atoms with Crippen LogP contribution in [-0.4, -0.2) is 41.8 Å². The summed E-state index contributed by atoms with van der Waals surface area (Å²) >= 11 is 3.38. The number of benzene rings is 1. The molecule has 0 saturated carbocycles. The van der Waals surface area contributed by atoms with Crippen LogP contribution in [0.2, 0.25) is 0 Å². The summed E-state index contributed by atoms with van der Waals surface area (Å²) in [5, 5.41) is 0. The van der Waals surface area contributed by atoms with Gasteiger partial charge in [0.05, 0.1) is 10.5 Å². The van der Waals surface area contributed by atoms with Gasteiger partial charge in [0.1, 0.15) is 5.82 Å². The molecule has 1 saturated heterocycles. The smallest absolute Gasteiger partial charge is 0.236 e. The van der Waals surface area contributed by atoms with Crippen molar-refractivity contribution in [3.05, 3.63) is 30.1 Å². The van der Waals surface area contributed by atoms with Crippen LogP contribution in [0.5, 0.6) is 0 Å². The van der Waals surface area contributed by atoms with E-state index in [0.29, 0.717) is 31.9 Å². The number of carbonyl (C=O) groups excluding carboxylic acids is 1. The SMILES string of the molecule is CCC(Br)C(=O)N1CCN(c2ccccc2F)CC1. The summed E-state index contributed by atoms with van der Waals surface area (Å²) in [6, 6.07) is 6.78. The lowest BCUT2D eigenvalue weighted by Crippen LogP contribution is -2.50. The molecule has 1 aromatic rings. The van der Waals surface area contributed by atoms with Crippen molar-refractivity contribution < 1.29 is 9.18 Å². The van der Waals surface area contributed by atoms with Gasteiger partial charge in [-0.2, -0.15) is 0 Å². The predicted molar refractivity (Wildman–Crippen MR) is 78.2 cm³/mol. The van der Waals surface area contributed by atoms with Crippen molar-refractivity contribution in [3.63, 3.8) is 0 Å². The highest BCUT2D eigenvalue weighted by Gasteiger charge is 2.25. The molecule has 3 nitrogen and oxygen atoms in total. The Morgan fingerprint density at radius 3 is 2.53 bits per heavy atom. The van der Waals surface area contributed by atoms with E-state index in [1.165, 1.54) is 6.07 Å². The van der Waals surface area contributed by atoms with Crippen molar-refractivity contribution in [2.24, 2.45) is 0 Å². The zero-order valence-corrected chi connectivity index (χ0v) is 12.6. The number of carbonyl (C=O) groups is 1. The number of halogens is 2. The van der Waals surface area contributed by atoms with E-state index in [9.17, 15) is 9.18 Å². The van der Waals surface area contributed by atoms with E-state index in [2.05, 4.69) is 15.9 Å². The van der Waals surface area contributed by atoms with E-state index in [-0.39, 0.29) is 16.6 Å². The van der Waals surface area contributed by atoms with Crippen molar-refractivity contribution in [2.75, 3.05) is 31.1 Å². The van der Waals surface area contributed by atoms with E-state index in [4.69, 9.17) is 0 Å². The Morgan fingerprint density at radius 1 is 1.32 bits per heavy atom. The summed E-state index contributed by atoms with van der Waals surface area (Å²) < 4.78 is 13.7. The predicted octanol–water partition coefficient (Wildman–Crippen LogP) is 2.65. The molecule has 1 aromatic carbocycles. The molecular formula is C14H18BrFN2O. The summed E-state index contributed by atoms with van der Waals surface area (Å²) in [7, 11) is 0. The number of hydrogen-bond acceptors (Lipinski definition) is 2. The second-order valence-electron chi connectivity index (χ2n) is 4.64. The molecule has 1 amide bonds. The number of para-hydroxylation sites is 1. The van der Waals surface area contributed by atoms with Gasteiger partial charge in [0.25, 0.3) is 0 Å². The first-order chi connectivity index (χ1) is 9.13. The van der Waals surface area contributed by atoms with Crippen LogP contribution >= 0.6 is 15.9 Å². The molecule has 0 radical (unpaired) electrons. The Kier molecular flexibility index (Phi) is 4.80. The molecule has 1 unspecified atom stereocenters. The van der Waals surface area contributed by atoms with Gasteiger partial charge in [-0.1, -0.05) is 35.0 Å². The van der Waals surface area contributed by atoms with Gasteiger partial charge in [-0.3, -0.25) is 4.79 Å². The van der Waals surface area contributed by atoms with Crippen molar-refractivity contribution in [2.45, 2.75) is 18.2 Å². The van der Waals surface area contributed by atoms with Crippen molar-refractivity contribution in [1.82, 2.24) is 4.90 Å². The maximum absolute atomic E-state index is 13.7. The van der Waals surface area contributed by atoms with Crippen LogP contribution in [0.3, 0.4) is 0 Å². The van der Waals surface area contributed by atoms with Gasteiger partial charge in [-0.05, 0) is 18.6 Å². The minimum atomic E-state index is -0.200. The molecule has 1 atom stereocenters. The fourth-order valence-corrected chi connectivity index (χ4v) is 2.54. The van der Waals surface area contributed by atoms with E-state index in [0.717, 1.165) is 6.42 Å². The maximum Gasteiger partial charge on any atom is 0.236 e. The minimum absolute atomic E-state index is 0.104. The largest absolute Gasteiger partial charge is 0.366 e. The Bertz CT molecular complexity index is 447. The molecule has 0 aliphatic carbocycles. The molecule has 0 bridgehead atoms. The average molecular weight is 329 g/mol. The Balaban J connectivity index is 1.96. The summed E-state index contributed by atoms with van der Waals surface area (Å²) in [5.74, 6) is -0.0649. The highest BCUT2D eigenvalue weighted by Crippen LogP contribution is 2.21. The number of hydrogen-bond donors (Lipinski definition) is 0. The zero-order valence-electron chi connectivity index (χ0n) is 11.0. The summed E-state index contributed by atoms with van der Waals surface area (Å²) in [4.78, 5) is 15.8. The third kappa shape index (κ3) is 3.26. The van der Waals surface area contributed by atoms with Crippen LogP contribution < -0.4 is 4.90 Å². The van der Waals surface area contributed by atoms with E-state index < -0.39 is 0 Å². The lowest BCUT2D eigenvalue weighted by molar-refractivity contribution is -0.130. The van der Waals surface area contributed by atoms with Gasteiger partial charge in [0.2, 0.25) is 5.91 Å². The number of nitrogens with zero attached hydrogens (tertiary/aromatic N) is 2. The molecule has 5 heteroatoms. The van der Waals surface area contributed by atoms with E-state index >= 15 is 0 Å². The average Bonchev–Trinajstić information content (AvgIpc) is 2.46. The molecule has 19 heavy (non-hydrogen) atoms. The first kappa shape index (κ1) is 14.3. The monoisotopic (exact) mass is 328 g/mol. The molecule has 1 fully saturated rings. The number of alkyl halides is 1. The van der Waals surface area contributed by atoms with Crippen molar-refractivity contribution in [3.8, 4) is 0 Å². The molecular weight excluding hydrogens is 311 g/mol. The number of rotatable bonds is 3. The topological polar surface area (TPSA) is 23.6 Å².